The summed E-state index contributed by atoms with van der Waals surface area (Å²) in [4.78, 5) is 19.9. The van der Waals surface area contributed by atoms with E-state index in [0.29, 0.717) is 25.0 Å². The Hall–Kier alpha value is -3.14. The van der Waals surface area contributed by atoms with Crippen LogP contribution in [0.4, 0.5) is 29.0 Å². The highest BCUT2D eigenvalue weighted by Gasteiger charge is 2.15. The van der Waals surface area contributed by atoms with E-state index in [0.717, 1.165) is 35.9 Å². The quantitative estimate of drug-likeness (QED) is 0.465. The van der Waals surface area contributed by atoms with Crippen molar-refractivity contribution < 1.29 is 4.74 Å². The molecule has 9 nitrogen and oxygen atoms in total. The van der Waals surface area contributed by atoms with Gasteiger partial charge in [0.05, 0.1) is 13.2 Å². The third-order valence-electron chi connectivity index (χ3n) is 4.65. The van der Waals surface area contributed by atoms with Crippen molar-refractivity contribution in [2.75, 3.05) is 41.8 Å². The number of nitrogens with one attached hydrogen (secondary N) is 2. The van der Waals surface area contributed by atoms with Crippen molar-refractivity contribution in [1.29, 1.82) is 0 Å². The number of fused-ring (bicyclic) bond motifs is 1. The lowest BCUT2D eigenvalue weighted by molar-refractivity contribution is 0.122. The molecular formula is C20H22Cl2N8O. The number of hydrogen-bond acceptors (Lipinski definition) is 8. The largest absolute Gasteiger partial charge is 0.378 e. The van der Waals surface area contributed by atoms with Gasteiger partial charge in [-0.15, -0.1) is 24.8 Å². The first kappa shape index (κ1) is 22.5. The summed E-state index contributed by atoms with van der Waals surface area (Å²) in [6, 6.07) is 9.68. The number of rotatable bonds is 5. The second-order valence-corrected chi connectivity index (χ2v) is 6.63. The van der Waals surface area contributed by atoms with Crippen molar-refractivity contribution in [1.82, 2.24) is 24.3 Å². The maximum atomic E-state index is 5.47. The zero-order valence-corrected chi connectivity index (χ0v) is 18.1. The summed E-state index contributed by atoms with van der Waals surface area (Å²) < 4.78 is 7.43. The molecule has 4 aromatic rings. The molecule has 162 valence electrons. The van der Waals surface area contributed by atoms with Crippen LogP contribution in [-0.2, 0) is 4.74 Å². The zero-order valence-electron chi connectivity index (χ0n) is 16.5. The highest BCUT2D eigenvalue weighted by molar-refractivity contribution is 5.85. The number of imidazole rings is 1. The van der Waals surface area contributed by atoms with E-state index in [2.05, 4.69) is 30.5 Å². The summed E-state index contributed by atoms with van der Waals surface area (Å²) >= 11 is 0. The lowest BCUT2D eigenvalue weighted by Crippen LogP contribution is -2.36. The summed E-state index contributed by atoms with van der Waals surface area (Å²) in [7, 11) is 0. The summed E-state index contributed by atoms with van der Waals surface area (Å²) in [6.45, 7) is 2.98. The van der Waals surface area contributed by atoms with Crippen LogP contribution in [0.15, 0.2) is 61.3 Å². The predicted octanol–water partition coefficient (Wildman–Crippen LogP) is 3.69. The third kappa shape index (κ3) is 5.32. The molecule has 1 aliphatic rings. The average molecular weight is 461 g/mol. The molecule has 0 aromatic carbocycles. The average Bonchev–Trinajstić information content (AvgIpc) is 3.23. The van der Waals surface area contributed by atoms with Crippen LogP contribution in [0.3, 0.4) is 0 Å². The molecule has 1 aliphatic heterocycles. The van der Waals surface area contributed by atoms with E-state index < -0.39 is 0 Å². The van der Waals surface area contributed by atoms with Gasteiger partial charge in [0.1, 0.15) is 17.3 Å². The first-order valence-electron chi connectivity index (χ1n) is 9.42. The fourth-order valence-electron chi connectivity index (χ4n) is 3.21. The molecule has 0 saturated carbocycles. The minimum atomic E-state index is 0. The number of pyridine rings is 2. The Morgan fingerprint density at radius 1 is 0.839 bits per heavy atom. The molecule has 1 fully saturated rings. The van der Waals surface area contributed by atoms with Gasteiger partial charge in [-0.3, -0.25) is 4.98 Å². The van der Waals surface area contributed by atoms with Crippen molar-refractivity contribution in [3.63, 3.8) is 0 Å². The van der Waals surface area contributed by atoms with Gasteiger partial charge in [0.25, 0.3) is 0 Å². The van der Waals surface area contributed by atoms with Crippen LogP contribution in [0, 0.1) is 0 Å². The summed E-state index contributed by atoms with van der Waals surface area (Å²) in [5, 5.41) is 6.64. The van der Waals surface area contributed by atoms with E-state index in [9.17, 15) is 0 Å². The van der Waals surface area contributed by atoms with Gasteiger partial charge in [0.2, 0.25) is 5.95 Å². The van der Waals surface area contributed by atoms with Crippen LogP contribution in [0.2, 0.25) is 0 Å². The first-order valence-corrected chi connectivity index (χ1v) is 9.42. The van der Waals surface area contributed by atoms with E-state index in [1.165, 1.54) is 0 Å². The van der Waals surface area contributed by atoms with Crippen LogP contribution >= 0.6 is 24.8 Å². The molecule has 0 spiro atoms. The number of anilines is 5. The van der Waals surface area contributed by atoms with Crippen LogP contribution in [0.1, 0.15) is 0 Å². The molecular weight excluding hydrogens is 439 g/mol. The Bertz CT molecular complexity index is 1120. The smallest absolute Gasteiger partial charge is 0.231 e. The molecule has 0 atom stereocenters. The van der Waals surface area contributed by atoms with Gasteiger partial charge in [-0.1, -0.05) is 0 Å². The highest BCUT2D eigenvalue weighted by Crippen LogP contribution is 2.24. The minimum Gasteiger partial charge on any atom is -0.378 e. The number of nitrogens with zero attached hydrogens (tertiary/aromatic N) is 6. The van der Waals surface area contributed by atoms with Crippen LogP contribution in [0.5, 0.6) is 0 Å². The van der Waals surface area contributed by atoms with Crippen LogP contribution in [-0.4, -0.2) is 50.6 Å². The molecule has 0 aliphatic carbocycles. The molecule has 0 bridgehead atoms. The third-order valence-corrected chi connectivity index (χ3v) is 4.65. The van der Waals surface area contributed by atoms with E-state index in [1.807, 2.05) is 47.1 Å². The van der Waals surface area contributed by atoms with Gasteiger partial charge < -0.3 is 24.7 Å². The summed E-state index contributed by atoms with van der Waals surface area (Å²) in [5.74, 6) is 2.07. The lowest BCUT2D eigenvalue weighted by atomic mass is 10.3. The molecule has 1 saturated heterocycles. The molecule has 4 aromatic heterocycles. The predicted molar refractivity (Wildman–Crippen MR) is 126 cm³/mol. The molecule has 11 heteroatoms. The van der Waals surface area contributed by atoms with E-state index in [4.69, 9.17) is 9.72 Å². The normalized spacial score (nSPS) is 13.2. The Labute approximate surface area is 191 Å². The molecule has 5 heterocycles. The van der Waals surface area contributed by atoms with Crippen LogP contribution < -0.4 is 15.5 Å². The van der Waals surface area contributed by atoms with Gasteiger partial charge >= 0.3 is 0 Å². The number of morpholine rings is 1. The van der Waals surface area contributed by atoms with Crippen molar-refractivity contribution >= 4 is 59.4 Å². The maximum absolute atomic E-state index is 5.47. The zero-order chi connectivity index (χ0) is 19.5. The van der Waals surface area contributed by atoms with E-state index in [-0.39, 0.29) is 24.8 Å². The van der Waals surface area contributed by atoms with E-state index >= 15 is 0 Å². The SMILES string of the molecule is Cl.Cl.c1cc(Nc2nc(Nc3ccn4ccnc4c3)cc(N3CCOCC3)n2)ccn1. The lowest BCUT2D eigenvalue weighted by Gasteiger charge is -2.28. The van der Waals surface area contributed by atoms with Gasteiger partial charge in [-0.25, -0.2) is 4.98 Å². The highest BCUT2D eigenvalue weighted by atomic mass is 35.5. The fraction of sp³-hybridized carbons (Fsp3) is 0.200. The second kappa shape index (κ2) is 10.3. The maximum Gasteiger partial charge on any atom is 0.231 e. The molecule has 5 rings (SSSR count). The minimum absolute atomic E-state index is 0. The number of aromatic nitrogens is 5. The number of hydrogen-bond donors (Lipinski definition) is 2. The van der Waals surface area contributed by atoms with E-state index in [1.54, 1.807) is 18.6 Å². The topological polar surface area (TPSA) is 92.5 Å². The Morgan fingerprint density at radius 2 is 1.65 bits per heavy atom. The fourth-order valence-corrected chi connectivity index (χ4v) is 3.21. The Kier molecular flexibility index (Phi) is 7.45. The monoisotopic (exact) mass is 460 g/mol. The number of halogens is 2. The van der Waals surface area contributed by atoms with Gasteiger partial charge in [0, 0.05) is 67.6 Å². The number of ether oxygens (including phenoxy) is 1. The van der Waals surface area contributed by atoms with Crippen molar-refractivity contribution in [3.05, 3.63) is 61.3 Å². The van der Waals surface area contributed by atoms with Crippen LogP contribution in [0.25, 0.3) is 5.65 Å². The standard InChI is InChI=1S/C20H20N8O.2ClH/c1-4-21-5-2-15(1)24-20-25-17(14-19(26-20)28-9-11-29-12-10-28)23-16-3-7-27-8-6-22-18(27)13-16;;/h1-8,13-14H,9-12H2,(H2,21,23,24,25,26);2*1H. The van der Waals surface area contributed by atoms with Crippen molar-refractivity contribution in [3.8, 4) is 0 Å². The Balaban J connectivity index is 0.00000136. The van der Waals surface area contributed by atoms with Crippen molar-refractivity contribution in [2.45, 2.75) is 0 Å². The van der Waals surface area contributed by atoms with Gasteiger partial charge in [0.15, 0.2) is 0 Å². The second-order valence-electron chi connectivity index (χ2n) is 6.63. The first-order chi connectivity index (χ1) is 14.3. The molecule has 31 heavy (non-hydrogen) atoms. The molecule has 0 amide bonds. The summed E-state index contributed by atoms with van der Waals surface area (Å²) in [5.41, 5.74) is 2.65. The molecule has 2 N–H and O–H groups in total. The summed E-state index contributed by atoms with van der Waals surface area (Å²) in [6.07, 6.45) is 9.11. The van der Waals surface area contributed by atoms with Gasteiger partial charge in [-0.2, -0.15) is 9.97 Å². The van der Waals surface area contributed by atoms with Gasteiger partial charge in [-0.05, 0) is 18.2 Å². The van der Waals surface area contributed by atoms with Crippen molar-refractivity contribution in [2.24, 2.45) is 0 Å². The Morgan fingerprint density at radius 3 is 2.45 bits per heavy atom. The molecule has 0 radical (unpaired) electrons. The molecule has 0 unspecified atom stereocenters.